The maximum Gasteiger partial charge on any atom is 0.211 e. The summed E-state index contributed by atoms with van der Waals surface area (Å²) in [6.07, 6.45) is -1.24. The second kappa shape index (κ2) is 11.6. The lowest BCUT2D eigenvalue weighted by molar-refractivity contribution is -0.173. The van der Waals surface area contributed by atoms with Gasteiger partial charge in [0.15, 0.2) is 17.0 Å². The molecule has 0 aromatic heterocycles. The molecule has 5 nitrogen and oxygen atoms in total. The van der Waals surface area contributed by atoms with Crippen LogP contribution in [-0.4, -0.2) is 25.1 Å². The number of benzene rings is 5. The van der Waals surface area contributed by atoms with Crippen molar-refractivity contribution < 1.29 is 23.3 Å². The lowest BCUT2D eigenvalue weighted by Crippen LogP contribution is -2.53. The lowest BCUT2D eigenvalue weighted by atomic mass is 9.72. The SMILES string of the molecule is COc1ccccc1P1OC(c2ccccc2)(c2ccccc2)[C@@H]2OC(C)(C)O[C@H]2C(c2ccccc2)(c2ccccc2)O1. The summed E-state index contributed by atoms with van der Waals surface area (Å²) in [4.78, 5) is 0. The van der Waals surface area contributed by atoms with Gasteiger partial charge < -0.3 is 23.3 Å². The van der Waals surface area contributed by atoms with Crippen LogP contribution in [0.15, 0.2) is 146 Å². The van der Waals surface area contributed by atoms with Crippen molar-refractivity contribution >= 4 is 13.7 Å². The van der Waals surface area contributed by atoms with E-state index in [9.17, 15) is 0 Å². The molecular formula is C38H35O5P. The minimum Gasteiger partial charge on any atom is -0.496 e. The van der Waals surface area contributed by atoms with E-state index < -0.39 is 37.6 Å². The van der Waals surface area contributed by atoms with Gasteiger partial charge in [-0.3, -0.25) is 0 Å². The average Bonchev–Trinajstić information content (AvgIpc) is 3.36. The van der Waals surface area contributed by atoms with Crippen LogP contribution in [0.5, 0.6) is 5.75 Å². The maximum atomic E-state index is 7.56. The van der Waals surface area contributed by atoms with Gasteiger partial charge in [-0.2, -0.15) is 0 Å². The summed E-state index contributed by atoms with van der Waals surface area (Å²) < 4.78 is 35.1. The molecule has 2 fully saturated rings. The summed E-state index contributed by atoms with van der Waals surface area (Å²) in [5.74, 6) is -0.242. The first-order valence-corrected chi connectivity index (χ1v) is 16.0. The summed E-state index contributed by atoms with van der Waals surface area (Å²) in [6.45, 7) is 3.93. The van der Waals surface area contributed by atoms with Gasteiger partial charge in [0.1, 0.15) is 18.0 Å². The molecule has 0 radical (unpaired) electrons. The summed E-state index contributed by atoms with van der Waals surface area (Å²) in [6, 6.07) is 49.2. The molecule has 0 bridgehead atoms. The van der Waals surface area contributed by atoms with Crippen LogP contribution in [-0.2, 0) is 29.7 Å². The first-order chi connectivity index (χ1) is 21.5. The zero-order valence-electron chi connectivity index (χ0n) is 25.0. The van der Waals surface area contributed by atoms with Crippen LogP contribution in [0.4, 0.5) is 0 Å². The topological polar surface area (TPSA) is 46.2 Å². The minimum atomic E-state index is -1.83. The van der Waals surface area contributed by atoms with Gasteiger partial charge >= 0.3 is 0 Å². The number of hydrogen-bond donors (Lipinski definition) is 0. The third-order valence-corrected chi connectivity index (χ3v) is 10.1. The number of rotatable bonds is 6. The molecule has 0 aliphatic carbocycles. The van der Waals surface area contributed by atoms with Crippen molar-refractivity contribution in [2.45, 2.75) is 43.0 Å². The third kappa shape index (κ3) is 4.77. The Bertz CT molecular complexity index is 1510. The quantitative estimate of drug-likeness (QED) is 0.184. The van der Waals surface area contributed by atoms with E-state index >= 15 is 0 Å². The molecule has 2 heterocycles. The van der Waals surface area contributed by atoms with Gasteiger partial charge in [-0.15, -0.1) is 0 Å². The highest BCUT2D eigenvalue weighted by atomic mass is 31.2. The number of hydrogen-bond acceptors (Lipinski definition) is 5. The number of para-hydroxylation sites is 1. The first-order valence-electron chi connectivity index (χ1n) is 14.9. The monoisotopic (exact) mass is 602 g/mol. The Labute approximate surface area is 260 Å². The number of methoxy groups -OCH3 is 1. The van der Waals surface area contributed by atoms with Gasteiger partial charge in [-0.25, -0.2) is 0 Å². The van der Waals surface area contributed by atoms with Gasteiger partial charge in [-0.1, -0.05) is 133 Å². The van der Waals surface area contributed by atoms with E-state index in [4.69, 9.17) is 23.3 Å². The Morgan fingerprint density at radius 3 is 1.20 bits per heavy atom. The molecule has 5 aromatic carbocycles. The Balaban J connectivity index is 1.61. The molecule has 2 atom stereocenters. The van der Waals surface area contributed by atoms with E-state index in [1.165, 1.54) is 0 Å². The van der Waals surface area contributed by atoms with Crippen LogP contribution in [0.3, 0.4) is 0 Å². The molecule has 0 saturated carbocycles. The molecule has 2 saturated heterocycles. The number of ether oxygens (including phenoxy) is 3. The standard InChI is InChI=1S/C38H35O5P/c1-36(2)40-34-35(41-36)38(30-22-12-6-13-23-30,31-24-14-7-15-25-31)43-44(33-27-17-16-26-32(33)39-3)42-37(34,28-18-8-4-9-19-28)29-20-10-5-11-21-29/h4-27,34-35H,1-3H3/t34-,35-/m1/s1. The van der Waals surface area contributed by atoms with Crippen molar-refractivity contribution in [3.63, 3.8) is 0 Å². The predicted octanol–water partition coefficient (Wildman–Crippen LogP) is 8.09. The Morgan fingerprint density at radius 1 is 0.500 bits per heavy atom. The van der Waals surface area contributed by atoms with Crippen LogP contribution >= 0.6 is 8.38 Å². The fraction of sp³-hybridized carbons (Fsp3) is 0.211. The smallest absolute Gasteiger partial charge is 0.211 e. The fourth-order valence-corrected chi connectivity index (χ4v) is 8.50. The molecule has 44 heavy (non-hydrogen) atoms. The molecule has 2 aliphatic rings. The zero-order chi connectivity index (χ0) is 30.2. The van der Waals surface area contributed by atoms with Gasteiger partial charge in [0.25, 0.3) is 0 Å². The van der Waals surface area contributed by atoms with Crippen molar-refractivity contribution in [3.8, 4) is 5.75 Å². The summed E-state index contributed by atoms with van der Waals surface area (Å²) in [5.41, 5.74) is 1.57. The van der Waals surface area contributed by atoms with Gasteiger partial charge in [0.05, 0.1) is 12.4 Å². The molecule has 2 aliphatic heterocycles. The van der Waals surface area contributed by atoms with Crippen molar-refractivity contribution in [2.75, 3.05) is 7.11 Å². The van der Waals surface area contributed by atoms with Crippen LogP contribution in [0.2, 0.25) is 0 Å². The molecule has 6 heteroatoms. The molecule has 7 rings (SSSR count). The molecule has 222 valence electrons. The lowest BCUT2D eigenvalue weighted by Gasteiger charge is -2.41. The second-order valence-corrected chi connectivity index (χ2v) is 12.9. The van der Waals surface area contributed by atoms with Crippen molar-refractivity contribution in [3.05, 3.63) is 168 Å². The fourth-order valence-electron chi connectivity index (χ4n) is 6.56. The van der Waals surface area contributed by atoms with Gasteiger partial charge in [0, 0.05) is 0 Å². The molecule has 0 N–H and O–H groups in total. The van der Waals surface area contributed by atoms with Crippen molar-refractivity contribution in [1.82, 2.24) is 0 Å². The summed E-state index contributed by atoms with van der Waals surface area (Å²) in [7, 11) is -0.152. The van der Waals surface area contributed by atoms with E-state index in [2.05, 4.69) is 48.5 Å². The second-order valence-electron chi connectivity index (χ2n) is 11.5. The maximum absolute atomic E-state index is 7.56. The molecule has 0 unspecified atom stereocenters. The Morgan fingerprint density at radius 2 is 0.841 bits per heavy atom. The normalized spacial score (nSPS) is 22.1. The zero-order valence-corrected chi connectivity index (χ0v) is 25.9. The Kier molecular flexibility index (Phi) is 7.62. The van der Waals surface area contributed by atoms with E-state index in [-0.39, 0.29) is 0 Å². The molecular weight excluding hydrogens is 567 g/mol. The molecule has 5 aromatic rings. The van der Waals surface area contributed by atoms with E-state index in [1.54, 1.807) is 7.11 Å². The molecule has 0 spiro atoms. The highest BCUT2D eigenvalue weighted by molar-refractivity contribution is 7.56. The molecule has 0 amide bonds. The highest BCUT2D eigenvalue weighted by Gasteiger charge is 2.67. The van der Waals surface area contributed by atoms with Crippen LogP contribution in [0.25, 0.3) is 0 Å². The average molecular weight is 603 g/mol. The Hall–Kier alpha value is -3.83. The van der Waals surface area contributed by atoms with E-state index in [0.29, 0.717) is 5.75 Å². The van der Waals surface area contributed by atoms with Crippen LogP contribution < -0.4 is 10.0 Å². The van der Waals surface area contributed by atoms with E-state index in [0.717, 1.165) is 27.6 Å². The number of fused-ring (bicyclic) bond motifs is 1. The third-order valence-electron chi connectivity index (χ3n) is 8.44. The minimum absolute atomic E-state index is 0.620. The van der Waals surface area contributed by atoms with Gasteiger partial charge in [0.2, 0.25) is 8.38 Å². The van der Waals surface area contributed by atoms with Crippen LogP contribution in [0.1, 0.15) is 36.1 Å². The summed E-state index contributed by atoms with van der Waals surface area (Å²) >= 11 is 0. The largest absolute Gasteiger partial charge is 0.496 e. The summed E-state index contributed by atoms with van der Waals surface area (Å²) in [5, 5.41) is 0.830. The van der Waals surface area contributed by atoms with E-state index in [1.807, 2.05) is 111 Å². The van der Waals surface area contributed by atoms with Crippen molar-refractivity contribution in [2.24, 2.45) is 0 Å². The highest BCUT2D eigenvalue weighted by Crippen LogP contribution is 2.64. The van der Waals surface area contributed by atoms with Crippen LogP contribution in [0, 0.1) is 0 Å². The van der Waals surface area contributed by atoms with Gasteiger partial charge in [-0.05, 0) is 48.2 Å². The predicted molar refractivity (Wildman–Crippen MR) is 173 cm³/mol. The van der Waals surface area contributed by atoms with Crippen molar-refractivity contribution in [1.29, 1.82) is 0 Å². The first kappa shape index (κ1) is 28.9.